The van der Waals surface area contributed by atoms with Crippen molar-refractivity contribution in [2.24, 2.45) is 17.2 Å². The van der Waals surface area contributed by atoms with Crippen molar-refractivity contribution >= 4 is 28.5 Å². The first-order valence-electron chi connectivity index (χ1n) is 14.1. The van der Waals surface area contributed by atoms with E-state index in [1.165, 1.54) is 12.1 Å². The quantitative estimate of drug-likeness (QED) is 0.197. The molecule has 1 aliphatic heterocycles. The summed E-state index contributed by atoms with van der Waals surface area (Å²) in [5, 5.41) is 6.75. The lowest BCUT2D eigenvalue weighted by atomic mass is 9.97. The zero-order valence-corrected chi connectivity index (χ0v) is 23.9. The van der Waals surface area contributed by atoms with Gasteiger partial charge in [-0.1, -0.05) is 30.3 Å². The van der Waals surface area contributed by atoms with Gasteiger partial charge in [-0.3, -0.25) is 19.4 Å². The maximum Gasteiger partial charge on any atom is 0.573 e. The molecule has 1 aliphatic rings. The monoisotopic (exact) mass is 615 g/mol. The summed E-state index contributed by atoms with van der Waals surface area (Å²) >= 11 is 0. The molecule has 0 saturated carbocycles. The second-order valence-corrected chi connectivity index (χ2v) is 10.8. The lowest BCUT2D eigenvalue weighted by Crippen LogP contribution is -2.62. The number of hydrogen-bond acceptors (Lipinski definition) is 9. The van der Waals surface area contributed by atoms with Crippen LogP contribution < -0.4 is 32.6 Å². The van der Waals surface area contributed by atoms with Gasteiger partial charge < -0.3 is 37.5 Å². The fourth-order valence-corrected chi connectivity index (χ4v) is 5.07. The molecular formula is C30H36F3N7O4. The Kier molecular flexibility index (Phi) is 10.9. The summed E-state index contributed by atoms with van der Waals surface area (Å²) in [6.45, 7) is 1.28. The minimum absolute atomic E-state index is 0.0350. The molecule has 1 aromatic heterocycles. The molecule has 0 radical (unpaired) electrons. The SMILES string of the molecule is NCC1CN(C(=O)C[C@H](N)C(=O)N[C@@H](Cc2ccc(OC(F)(F)F)cc2)C(=O)Cc2cnc3ccccc3c2)CC(CN)N1. The van der Waals surface area contributed by atoms with E-state index in [1.807, 2.05) is 30.3 Å². The Labute approximate surface area is 252 Å². The van der Waals surface area contributed by atoms with Gasteiger partial charge in [0.2, 0.25) is 11.8 Å². The van der Waals surface area contributed by atoms with E-state index in [-0.39, 0.29) is 43.0 Å². The van der Waals surface area contributed by atoms with Gasteiger partial charge in [0.05, 0.1) is 24.0 Å². The van der Waals surface area contributed by atoms with Crippen molar-refractivity contribution in [3.63, 3.8) is 0 Å². The first-order valence-corrected chi connectivity index (χ1v) is 14.1. The Bertz CT molecular complexity index is 1440. The molecule has 2 heterocycles. The number of ether oxygens (including phenoxy) is 1. The summed E-state index contributed by atoms with van der Waals surface area (Å²) in [5.41, 5.74) is 19.5. The third-order valence-electron chi connectivity index (χ3n) is 7.33. The molecule has 1 saturated heterocycles. The van der Waals surface area contributed by atoms with Crippen molar-refractivity contribution < 1.29 is 32.3 Å². The average Bonchev–Trinajstić information content (AvgIpc) is 3.00. The average molecular weight is 616 g/mol. The zero-order chi connectivity index (χ0) is 31.9. The summed E-state index contributed by atoms with van der Waals surface area (Å²) in [7, 11) is 0. The Morgan fingerprint density at radius 1 is 1.02 bits per heavy atom. The molecule has 0 spiro atoms. The van der Waals surface area contributed by atoms with E-state index in [9.17, 15) is 27.6 Å². The second kappa shape index (κ2) is 14.6. The Balaban J connectivity index is 1.47. The smallest absolute Gasteiger partial charge is 0.406 e. The van der Waals surface area contributed by atoms with E-state index < -0.39 is 30.1 Å². The fourth-order valence-electron chi connectivity index (χ4n) is 5.07. The summed E-state index contributed by atoms with van der Waals surface area (Å²) in [5.74, 6) is -1.86. The minimum atomic E-state index is -4.85. The van der Waals surface area contributed by atoms with E-state index in [2.05, 4.69) is 20.4 Å². The van der Waals surface area contributed by atoms with Crippen molar-refractivity contribution in [1.29, 1.82) is 0 Å². The van der Waals surface area contributed by atoms with Crippen molar-refractivity contribution in [2.75, 3.05) is 26.2 Å². The molecule has 14 heteroatoms. The van der Waals surface area contributed by atoms with Crippen LogP contribution in [0.4, 0.5) is 13.2 Å². The summed E-state index contributed by atoms with van der Waals surface area (Å²) in [4.78, 5) is 45.7. The number of rotatable bonds is 12. The number of fused-ring (bicyclic) bond motifs is 1. The number of para-hydroxylation sites is 1. The summed E-state index contributed by atoms with van der Waals surface area (Å²) in [6, 6.07) is 11.6. The standard InChI is InChI=1S/C30H36F3N7O4/c31-30(32,33)44-23-7-5-18(6-8-23)10-26(27(41)11-19-9-20-3-1-2-4-25(20)37-15-19)39-29(43)24(36)12-28(42)40-16-21(13-34)38-22(14-35)17-40/h1-9,15,21-22,24,26,38H,10-14,16-17,34-36H2,(H,39,43)/t21?,22?,24-,26-/m0/s1. The molecule has 236 valence electrons. The highest BCUT2D eigenvalue weighted by Gasteiger charge is 2.32. The maximum absolute atomic E-state index is 13.5. The largest absolute Gasteiger partial charge is 0.573 e. The zero-order valence-electron chi connectivity index (χ0n) is 23.9. The number of nitrogens with two attached hydrogens (primary N) is 3. The van der Waals surface area contributed by atoms with Gasteiger partial charge in [0.25, 0.3) is 0 Å². The second-order valence-electron chi connectivity index (χ2n) is 10.8. The highest BCUT2D eigenvalue weighted by molar-refractivity contribution is 5.94. The molecule has 11 nitrogen and oxygen atoms in total. The topological polar surface area (TPSA) is 179 Å². The Morgan fingerprint density at radius 3 is 2.32 bits per heavy atom. The number of piperazine rings is 1. The number of nitrogens with zero attached hydrogens (tertiary/aromatic N) is 2. The highest BCUT2D eigenvalue weighted by Crippen LogP contribution is 2.23. The van der Waals surface area contributed by atoms with E-state index >= 15 is 0 Å². The van der Waals surface area contributed by atoms with E-state index in [0.29, 0.717) is 37.3 Å². The van der Waals surface area contributed by atoms with Gasteiger partial charge >= 0.3 is 6.36 Å². The number of pyridine rings is 1. The molecule has 4 atom stereocenters. The number of aromatic nitrogens is 1. The number of benzene rings is 2. The molecule has 2 unspecified atom stereocenters. The van der Waals surface area contributed by atoms with E-state index in [4.69, 9.17) is 17.2 Å². The van der Waals surface area contributed by atoms with Crippen molar-refractivity contribution in [3.8, 4) is 5.75 Å². The van der Waals surface area contributed by atoms with Gasteiger partial charge in [-0.05, 0) is 41.8 Å². The minimum Gasteiger partial charge on any atom is -0.406 e. The fraction of sp³-hybridized carbons (Fsp3) is 0.400. The lowest BCUT2D eigenvalue weighted by Gasteiger charge is -2.38. The number of alkyl halides is 3. The molecule has 44 heavy (non-hydrogen) atoms. The molecule has 4 rings (SSSR count). The molecule has 1 fully saturated rings. The normalized spacial score (nSPS) is 18.5. The third-order valence-corrected chi connectivity index (χ3v) is 7.33. The van der Waals surface area contributed by atoms with Crippen LogP contribution in [0, 0.1) is 0 Å². The predicted molar refractivity (Wildman–Crippen MR) is 157 cm³/mol. The first kappa shape index (κ1) is 32.8. The van der Waals surface area contributed by atoms with Crippen molar-refractivity contribution in [1.82, 2.24) is 20.5 Å². The van der Waals surface area contributed by atoms with Crippen LogP contribution in [0.5, 0.6) is 5.75 Å². The van der Waals surface area contributed by atoms with Crippen LogP contribution in [0.2, 0.25) is 0 Å². The number of Topliss-reactive ketones (excluding diaryl/α,β-unsaturated/α-hetero) is 1. The van der Waals surface area contributed by atoms with Crippen LogP contribution in [-0.4, -0.2) is 84.2 Å². The molecule has 2 aromatic carbocycles. The molecule has 8 N–H and O–H groups in total. The summed E-state index contributed by atoms with van der Waals surface area (Å²) in [6.07, 6.45) is -3.69. The first-order chi connectivity index (χ1) is 20.9. The lowest BCUT2D eigenvalue weighted by molar-refractivity contribution is -0.274. The maximum atomic E-state index is 13.5. The van der Waals surface area contributed by atoms with E-state index in [1.54, 1.807) is 11.1 Å². The van der Waals surface area contributed by atoms with Gasteiger partial charge in [-0.25, -0.2) is 0 Å². The third kappa shape index (κ3) is 9.19. The molecule has 3 aromatic rings. The Morgan fingerprint density at radius 2 is 1.68 bits per heavy atom. The Hall–Kier alpha value is -4.11. The van der Waals surface area contributed by atoms with Gasteiger partial charge in [-0.2, -0.15) is 0 Å². The van der Waals surface area contributed by atoms with Crippen LogP contribution in [-0.2, 0) is 27.2 Å². The van der Waals surface area contributed by atoms with Crippen LogP contribution in [0.1, 0.15) is 17.5 Å². The summed E-state index contributed by atoms with van der Waals surface area (Å²) < 4.78 is 41.7. The predicted octanol–water partition coefficient (Wildman–Crippen LogP) is 0.776. The van der Waals surface area contributed by atoms with E-state index in [0.717, 1.165) is 23.0 Å². The van der Waals surface area contributed by atoms with Crippen molar-refractivity contribution in [2.45, 2.75) is 49.8 Å². The number of amides is 2. The number of halogens is 3. The molecule has 0 aliphatic carbocycles. The van der Waals surface area contributed by atoms with Crippen molar-refractivity contribution in [3.05, 3.63) is 71.9 Å². The molecule has 0 bridgehead atoms. The van der Waals surface area contributed by atoms with Gasteiger partial charge in [0.15, 0.2) is 5.78 Å². The number of carbonyl (C=O) groups is 3. The number of hydrogen-bond donors (Lipinski definition) is 5. The van der Waals surface area contributed by atoms with Crippen LogP contribution in [0.3, 0.4) is 0 Å². The number of carbonyl (C=O) groups excluding carboxylic acids is 3. The van der Waals surface area contributed by atoms with Gasteiger partial charge in [-0.15, -0.1) is 13.2 Å². The number of ketones is 1. The highest BCUT2D eigenvalue weighted by atomic mass is 19.4. The molecule has 2 amide bonds. The van der Waals surface area contributed by atoms with Gasteiger partial charge in [0.1, 0.15) is 5.75 Å². The number of nitrogens with one attached hydrogen (secondary N) is 2. The van der Waals surface area contributed by atoms with Crippen LogP contribution in [0.15, 0.2) is 60.8 Å². The van der Waals surface area contributed by atoms with Crippen LogP contribution >= 0.6 is 0 Å². The van der Waals surface area contributed by atoms with Gasteiger partial charge in [0, 0.05) is 56.3 Å². The van der Waals surface area contributed by atoms with Crippen LogP contribution in [0.25, 0.3) is 10.9 Å². The molecular weight excluding hydrogens is 579 g/mol.